The molecule has 2 N–H and O–H groups in total. The molecule has 16 heavy (non-hydrogen) atoms. The molecule has 0 radical (unpaired) electrons. The van der Waals surface area contributed by atoms with Crippen molar-refractivity contribution in [2.24, 2.45) is 5.92 Å². The Morgan fingerprint density at radius 1 is 1.12 bits per heavy atom. The Hall–Kier alpha value is -1.32. The van der Waals surface area contributed by atoms with Crippen molar-refractivity contribution < 1.29 is 0 Å². The molecule has 0 aromatic carbocycles. The summed E-state index contributed by atoms with van der Waals surface area (Å²) >= 11 is 0. The molecule has 0 aliphatic carbocycles. The van der Waals surface area contributed by atoms with Gasteiger partial charge in [-0.25, -0.2) is 9.97 Å². The number of nitrogens with two attached hydrogens (primary N) is 1. The first-order valence-corrected chi connectivity index (χ1v) is 5.68. The maximum absolute atomic E-state index is 5.86. The topological polar surface area (TPSA) is 55.0 Å². The molecular weight excluding hydrogens is 200 g/mol. The van der Waals surface area contributed by atoms with Gasteiger partial charge in [0.05, 0.1) is 0 Å². The van der Waals surface area contributed by atoms with Gasteiger partial charge in [0, 0.05) is 18.7 Å². The molecule has 90 valence electrons. The normalized spacial score (nSPS) is 12.9. The fraction of sp³-hybridized carbons (Fsp3) is 0.667. The monoisotopic (exact) mass is 222 g/mol. The smallest absolute Gasteiger partial charge is 0.137 e. The molecule has 0 aliphatic heterocycles. The molecule has 0 amide bonds. The molecule has 1 unspecified atom stereocenters. The Balaban J connectivity index is 3.13. The fourth-order valence-electron chi connectivity index (χ4n) is 1.62. The van der Waals surface area contributed by atoms with Crippen LogP contribution in [0.5, 0.6) is 0 Å². The largest absolute Gasteiger partial charge is 0.383 e. The van der Waals surface area contributed by atoms with Crippen LogP contribution in [0.15, 0.2) is 0 Å². The standard InChI is InChI=1S/C12H22N4/c1-7(2)9(4)16(6)12-8(3)11(13)14-10(5)15-12/h7,9H,1-6H3,(H2,13,14,15). The molecule has 0 spiro atoms. The van der Waals surface area contributed by atoms with E-state index in [-0.39, 0.29) is 0 Å². The second kappa shape index (κ2) is 4.68. The van der Waals surface area contributed by atoms with E-state index in [1.807, 2.05) is 13.8 Å². The molecule has 1 aromatic heterocycles. The fourth-order valence-corrected chi connectivity index (χ4v) is 1.62. The molecule has 0 saturated carbocycles. The molecule has 1 atom stereocenters. The third-order valence-electron chi connectivity index (χ3n) is 3.18. The summed E-state index contributed by atoms with van der Waals surface area (Å²) in [6, 6.07) is 0.424. The van der Waals surface area contributed by atoms with Crippen LogP contribution in [0.4, 0.5) is 11.6 Å². The third-order valence-corrected chi connectivity index (χ3v) is 3.18. The zero-order valence-corrected chi connectivity index (χ0v) is 11.1. The number of rotatable bonds is 3. The number of anilines is 2. The highest BCUT2D eigenvalue weighted by atomic mass is 15.2. The lowest BCUT2D eigenvalue weighted by Gasteiger charge is -2.30. The first kappa shape index (κ1) is 12.7. The minimum atomic E-state index is 0.424. The molecule has 0 aliphatic rings. The maximum Gasteiger partial charge on any atom is 0.137 e. The van der Waals surface area contributed by atoms with Gasteiger partial charge in [-0.3, -0.25) is 0 Å². The predicted molar refractivity (Wildman–Crippen MR) is 68.6 cm³/mol. The van der Waals surface area contributed by atoms with Gasteiger partial charge in [0.2, 0.25) is 0 Å². The number of aryl methyl sites for hydroxylation is 1. The van der Waals surface area contributed by atoms with E-state index < -0.39 is 0 Å². The van der Waals surface area contributed by atoms with E-state index in [4.69, 9.17) is 5.73 Å². The molecule has 1 heterocycles. The summed E-state index contributed by atoms with van der Waals surface area (Å²) in [5.41, 5.74) is 6.82. The summed E-state index contributed by atoms with van der Waals surface area (Å²) in [5, 5.41) is 0. The van der Waals surface area contributed by atoms with E-state index in [2.05, 4.69) is 42.7 Å². The first-order valence-electron chi connectivity index (χ1n) is 5.68. The lowest BCUT2D eigenvalue weighted by atomic mass is 10.0. The van der Waals surface area contributed by atoms with Crippen LogP contribution in [-0.2, 0) is 0 Å². The Bertz CT molecular complexity index is 374. The zero-order valence-electron chi connectivity index (χ0n) is 11.1. The van der Waals surface area contributed by atoms with Crippen molar-refractivity contribution in [3.05, 3.63) is 11.4 Å². The van der Waals surface area contributed by atoms with Gasteiger partial charge in [0.1, 0.15) is 17.5 Å². The van der Waals surface area contributed by atoms with Crippen LogP contribution in [0.3, 0.4) is 0 Å². The lowest BCUT2D eigenvalue weighted by Crippen LogP contribution is -2.34. The van der Waals surface area contributed by atoms with E-state index >= 15 is 0 Å². The number of aromatic nitrogens is 2. The molecule has 0 bridgehead atoms. The first-order chi connectivity index (χ1) is 7.34. The van der Waals surface area contributed by atoms with Gasteiger partial charge in [-0.15, -0.1) is 0 Å². The lowest BCUT2D eigenvalue weighted by molar-refractivity contribution is 0.501. The minimum Gasteiger partial charge on any atom is -0.383 e. The van der Waals surface area contributed by atoms with E-state index in [0.29, 0.717) is 17.8 Å². The van der Waals surface area contributed by atoms with Crippen molar-refractivity contribution in [3.8, 4) is 0 Å². The summed E-state index contributed by atoms with van der Waals surface area (Å²) < 4.78 is 0. The van der Waals surface area contributed by atoms with Crippen molar-refractivity contribution in [1.82, 2.24) is 9.97 Å². The summed E-state index contributed by atoms with van der Waals surface area (Å²) in [5.74, 6) is 2.80. The summed E-state index contributed by atoms with van der Waals surface area (Å²) in [4.78, 5) is 10.8. The third kappa shape index (κ3) is 2.43. The zero-order chi connectivity index (χ0) is 12.5. The van der Waals surface area contributed by atoms with Crippen LogP contribution in [0.1, 0.15) is 32.2 Å². The molecule has 4 heteroatoms. The van der Waals surface area contributed by atoms with E-state index in [1.165, 1.54) is 0 Å². The second-order valence-corrected chi connectivity index (χ2v) is 4.70. The number of nitrogen functional groups attached to an aromatic ring is 1. The van der Waals surface area contributed by atoms with E-state index in [1.54, 1.807) is 0 Å². The Morgan fingerprint density at radius 2 is 1.69 bits per heavy atom. The number of nitrogens with zero attached hydrogens (tertiary/aromatic N) is 3. The minimum absolute atomic E-state index is 0.424. The second-order valence-electron chi connectivity index (χ2n) is 4.70. The Labute approximate surface area is 97.9 Å². The maximum atomic E-state index is 5.86. The van der Waals surface area contributed by atoms with Gasteiger partial charge in [0.25, 0.3) is 0 Å². The van der Waals surface area contributed by atoms with Crippen molar-refractivity contribution in [2.45, 2.75) is 40.7 Å². The highest BCUT2D eigenvalue weighted by Crippen LogP contribution is 2.23. The van der Waals surface area contributed by atoms with Crippen molar-refractivity contribution in [3.63, 3.8) is 0 Å². The summed E-state index contributed by atoms with van der Waals surface area (Å²) in [7, 11) is 2.05. The SMILES string of the molecule is Cc1nc(N)c(C)c(N(C)C(C)C(C)C)n1. The van der Waals surface area contributed by atoms with Gasteiger partial charge in [-0.05, 0) is 26.7 Å². The van der Waals surface area contributed by atoms with Gasteiger partial charge in [-0.2, -0.15) is 0 Å². The van der Waals surface area contributed by atoms with Crippen molar-refractivity contribution in [2.75, 3.05) is 17.7 Å². The van der Waals surface area contributed by atoms with Gasteiger partial charge < -0.3 is 10.6 Å². The Morgan fingerprint density at radius 3 is 2.19 bits per heavy atom. The summed E-state index contributed by atoms with van der Waals surface area (Å²) in [6.45, 7) is 10.4. The predicted octanol–water partition coefficient (Wildman–Crippen LogP) is 2.16. The number of hydrogen-bond donors (Lipinski definition) is 1. The average Bonchev–Trinajstić information content (AvgIpc) is 2.21. The van der Waals surface area contributed by atoms with Crippen LogP contribution in [0, 0.1) is 19.8 Å². The molecular formula is C12H22N4. The molecule has 0 saturated heterocycles. The highest BCUT2D eigenvalue weighted by molar-refractivity contribution is 5.56. The molecule has 0 fully saturated rings. The van der Waals surface area contributed by atoms with Gasteiger partial charge in [0.15, 0.2) is 0 Å². The van der Waals surface area contributed by atoms with Crippen LogP contribution < -0.4 is 10.6 Å². The van der Waals surface area contributed by atoms with Crippen LogP contribution in [-0.4, -0.2) is 23.1 Å². The van der Waals surface area contributed by atoms with Crippen LogP contribution in [0.25, 0.3) is 0 Å². The van der Waals surface area contributed by atoms with E-state index in [9.17, 15) is 0 Å². The van der Waals surface area contributed by atoms with Gasteiger partial charge in [-0.1, -0.05) is 13.8 Å². The summed E-state index contributed by atoms with van der Waals surface area (Å²) in [6.07, 6.45) is 0. The quantitative estimate of drug-likeness (QED) is 0.851. The number of hydrogen-bond acceptors (Lipinski definition) is 4. The van der Waals surface area contributed by atoms with E-state index in [0.717, 1.165) is 17.2 Å². The molecule has 1 rings (SSSR count). The van der Waals surface area contributed by atoms with Crippen molar-refractivity contribution >= 4 is 11.6 Å². The van der Waals surface area contributed by atoms with Crippen LogP contribution >= 0.6 is 0 Å². The highest BCUT2D eigenvalue weighted by Gasteiger charge is 2.18. The molecule has 1 aromatic rings. The van der Waals surface area contributed by atoms with Crippen LogP contribution in [0.2, 0.25) is 0 Å². The van der Waals surface area contributed by atoms with Crippen molar-refractivity contribution in [1.29, 1.82) is 0 Å². The Kier molecular flexibility index (Phi) is 3.73. The average molecular weight is 222 g/mol. The van der Waals surface area contributed by atoms with Gasteiger partial charge >= 0.3 is 0 Å². The molecule has 4 nitrogen and oxygen atoms in total.